The molecule has 0 aliphatic heterocycles. The van der Waals surface area contributed by atoms with Gasteiger partial charge in [0.2, 0.25) is 5.91 Å². The smallest absolute Gasteiger partial charge is 0.397 e. The van der Waals surface area contributed by atoms with Gasteiger partial charge in [0.15, 0.2) is 15.6 Å². The van der Waals surface area contributed by atoms with Crippen molar-refractivity contribution in [2.45, 2.75) is 16.7 Å². The van der Waals surface area contributed by atoms with Crippen LogP contribution < -0.4 is 5.32 Å². The van der Waals surface area contributed by atoms with Crippen molar-refractivity contribution in [1.82, 2.24) is 0 Å². The first-order valence-corrected chi connectivity index (χ1v) is 14.4. The summed E-state index contributed by atoms with van der Waals surface area (Å²) in [4.78, 5) is 10.3. The zero-order chi connectivity index (χ0) is 27.6. The number of azo groups is 1. The summed E-state index contributed by atoms with van der Waals surface area (Å²) in [7, 11) is -13.7. The molecule has 0 spiro atoms. The first-order valence-electron chi connectivity index (χ1n) is 9.98. The number of phenolic OH excluding ortho intramolecular Hbond substituents is 1. The van der Waals surface area contributed by atoms with Crippen LogP contribution in [0.4, 0.5) is 17.1 Å². The zero-order valence-electron chi connectivity index (χ0n) is 18.8. The predicted molar refractivity (Wildman–Crippen MR) is 130 cm³/mol. The predicted octanol–water partition coefficient (Wildman–Crippen LogP) is 2.76. The summed E-state index contributed by atoms with van der Waals surface area (Å²) < 4.78 is 91.7. The van der Waals surface area contributed by atoms with Crippen LogP contribution in [-0.4, -0.2) is 57.7 Å². The van der Waals surface area contributed by atoms with E-state index in [1.807, 2.05) is 0 Å². The molecule has 0 heterocycles. The van der Waals surface area contributed by atoms with Gasteiger partial charge in [-0.05, 0) is 47.9 Å². The van der Waals surface area contributed by atoms with Gasteiger partial charge in [0, 0.05) is 18.0 Å². The molecule has 0 unspecified atom stereocenters. The summed E-state index contributed by atoms with van der Waals surface area (Å²) in [6.07, 6.45) is 0. The second-order valence-corrected chi connectivity index (χ2v) is 12.0. The summed E-state index contributed by atoms with van der Waals surface area (Å²) in [6.45, 7) is 0.459. The highest BCUT2D eigenvalue weighted by Gasteiger charge is 2.22. The van der Waals surface area contributed by atoms with Gasteiger partial charge in [-0.1, -0.05) is 6.07 Å². The number of carbonyl (C=O) groups is 1. The zero-order valence-corrected chi connectivity index (χ0v) is 21.2. The maximum Gasteiger partial charge on any atom is 0.397 e. The number of benzene rings is 3. The highest BCUT2D eigenvalue weighted by atomic mass is 32.3. The third kappa shape index (κ3) is 7.28. The number of anilines is 1. The molecule has 0 bridgehead atoms. The maximum absolute atomic E-state index is 12.3. The number of sulfone groups is 1. The minimum atomic E-state index is -4.86. The van der Waals surface area contributed by atoms with Crippen LogP contribution >= 0.6 is 0 Å². The lowest BCUT2D eigenvalue weighted by atomic mass is 10.1. The van der Waals surface area contributed by atoms with Crippen molar-refractivity contribution in [3.8, 4) is 5.75 Å². The Morgan fingerprint density at radius 1 is 0.946 bits per heavy atom. The van der Waals surface area contributed by atoms with Gasteiger partial charge in [-0.2, -0.15) is 21.9 Å². The van der Waals surface area contributed by atoms with Gasteiger partial charge in [-0.25, -0.2) is 12.6 Å². The first kappa shape index (κ1) is 28.1. The Morgan fingerprint density at radius 3 is 2.16 bits per heavy atom. The van der Waals surface area contributed by atoms with Crippen molar-refractivity contribution in [3.63, 3.8) is 0 Å². The van der Waals surface area contributed by atoms with Crippen LogP contribution in [0.2, 0.25) is 0 Å². The van der Waals surface area contributed by atoms with Crippen LogP contribution in [0, 0.1) is 0 Å². The molecule has 0 aliphatic rings. The lowest BCUT2D eigenvalue weighted by Gasteiger charge is -2.10. The molecule has 0 aliphatic carbocycles. The Labute approximate surface area is 211 Å². The highest BCUT2D eigenvalue weighted by Crippen LogP contribution is 2.42. The second-order valence-electron chi connectivity index (χ2n) is 7.43. The Balaban J connectivity index is 1.96. The third-order valence-electron chi connectivity index (χ3n) is 4.70. The number of carbonyl (C=O) groups excluding carboxylic acids is 1. The van der Waals surface area contributed by atoms with Crippen molar-refractivity contribution in [2.75, 3.05) is 17.7 Å². The van der Waals surface area contributed by atoms with Gasteiger partial charge in [0.05, 0.1) is 22.9 Å². The van der Waals surface area contributed by atoms with Gasteiger partial charge in [-0.3, -0.25) is 13.9 Å². The molecule has 3 rings (SSSR count). The van der Waals surface area contributed by atoms with Crippen LogP contribution in [0.15, 0.2) is 68.6 Å². The number of nitrogens with one attached hydrogen (secondary N) is 1. The Bertz CT molecular complexity index is 1720. The van der Waals surface area contributed by atoms with E-state index in [-0.39, 0.29) is 27.3 Å². The van der Waals surface area contributed by atoms with Crippen LogP contribution in [0.1, 0.15) is 6.92 Å². The number of phenols is 1. The van der Waals surface area contributed by atoms with Crippen LogP contribution in [0.5, 0.6) is 5.75 Å². The fraction of sp³-hybridized carbons (Fsp3) is 0.150. The van der Waals surface area contributed by atoms with E-state index in [1.165, 1.54) is 37.3 Å². The minimum Gasteiger partial charge on any atom is -0.505 e. The molecular formula is C20H19N3O11S3. The number of amides is 1. The van der Waals surface area contributed by atoms with Crippen LogP contribution in [-0.2, 0) is 39.3 Å². The van der Waals surface area contributed by atoms with Crippen LogP contribution in [0.3, 0.4) is 0 Å². The van der Waals surface area contributed by atoms with Crippen molar-refractivity contribution in [2.24, 2.45) is 10.2 Å². The molecule has 3 aromatic carbocycles. The Kier molecular flexibility index (Phi) is 7.96. The monoisotopic (exact) mass is 573 g/mol. The fourth-order valence-corrected chi connectivity index (χ4v) is 5.26. The molecule has 14 nitrogen and oxygen atoms in total. The van der Waals surface area contributed by atoms with E-state index >= 15 is 0 Å². The summed E-state index contributed by atoms with van der Waals surface area (Å²) in [5, 5.41) is 21.1. The van der Waals surface area contributed by atoms with E-state index in [0.717, 1.165) is 18.2 Å². The van der Waals surface area contributed by atoms with Crippen LogP contribution in [0.25, 0.3) is 10.8 Å². The highest BCUT2D eigenvalue weighted by molar-refractivity contribution is 7.91. The number of hydrogen-bond acceptors (Lipinski definition) is 11. The SMILES string of the molecule is CC(=O)Nc1ccc2cc(S(=O)(=O)O)c(/N=N/c3ccc(S(=O)(=O)CCOS(=O)(=O)O)cc3)c(O)c2c1. The Morgan fingerprint density at radius 2 is 1.59 bits per heavy atom. The summed E-state index contributed by atoms with van der Waals surface area (Å²) in [5.74, 6) is -1.79. The maximum atomic E-state index is 12.3. The number of hydrogen-bond donors (Lipinski definition) is 4. The van der Waals surface area contributed by atoms with Gasteiger partial charge in [-0.15, -0.1) is 5.11 Å². The molecule has 0 saturated heterocycles. The number of fused-ring (bicyclic) bond motifs is 1. The first-order chi connectivity index (χ1) is 17.1. The number of nitrogens with zero attached hydrogens (tertiary/aromatic N) is 2. The fourth-order valence-electron chi connectivity index (χ4n) is 3.11. The van der Waals surface area contributed by atoms with E-state index in [0.29, 0.717) is 5.69 Å². The average Bonchev–Trinajstić information content (AvgIpc) is 2.77. The molecule has 0 saturated carbocycles. The summed E-state index contributed by atoms with van der Waals surface area (Å²) in [5.41, 5.74) is -0.272. The third-order valence-corrected chi connectivity index (χ3v) is 7.72. The molecule has 37 heavy (non-hydrogen) atoms. The molecule has 1 amide bonds. The second kappa shape index (κ2) is 10.5. The van der Waals surface area contributed by atoms with Gasteiger partial charge in [0.1, 0.15) is 10.6 Å². The van der Waals surface area contributed by atoms with E-state index in [9.17, 15) is 39.7 Å². The van der Waals surface area contributed by atoms with Gasteiger partial charge in [0.25, 0.3) is 10.1 Å². The van der Waals surface area contributed by atoms with E-state index in [1.54, 1.807) is 0 Å². The average molecular weight is 574 g/mol. The topological polar surface area (TPSA) is 226 Å². The van der Waals surface area contributed by atoms with E-state index < -0.39 is 59.0 Å². The lowest BCUT2D eigenvalue weighted by Crippen LogP contribution is -2.15. The summed E-state index contributed by atoms with van der Waals surface area (Å²) >= 11 is 0. The van der Waals surface area contributed by atoms with Crippen molar-refractivity contribution < 1.29 is 48.4 Å². The molecule has 0 atom stereocenters. The largest absolute Gasteiger partial charge is 0.505 e. The Hall–Kier alpha value is -3.48. The van der Waals surface area contributed by atoms with E-state index in [2.05, 4.69) is 19.7 Å². The summed E-state index contributed by atoms with van der Waals surface area (Å²) in [6, 6.07) is 9.91. The van der Waals surface area contributed by atoms with Crippen molar-refractivity contribution >= 4 is 64.1 Å². The normalized spacial score (nSPS) is 12.7. The lowest BCUT2D eigenvalue weighted by molar-refractivity contribution is -0.114. The molecule has 198 valence electrons. The van der Waals surface area contributed by atoms with Crippen molar-refractivity contribution in [3.05, 3.63) is 48.5 Å². The van der Waals surface area contributed by atoms with Gasteiger partial charge < -0.3 is 10.4 Å². The van der Waals surface area contributed by atoms with E-state index in [4.69, 9.17) is 4.55 Å². The number of aromatic hydroxyl groups is 1. The minimum absolute atomic E-state index is 0.0286. The molecule has 0 radical (unpaired) electrons. The number of rotatable bonds is 9. The molecular weight excluding hydrogens is 554 g/mol. The quantitative estimate of drug-likeness (QED) is 0.215. The molecule has 4 N–H and O–H groups in total. The van der Waals surface area contributed by atoms with Crippen molar-refractivity contribution in [1.29, 1.82) is 0 Å². The molecule has 17 heteroatoms. The van der Waals surface area contributed by atoms with Gasteiger partial charge >= 0.3 is 10.4 Å². The molecule has 3 aromatic rings. The molecule has 0 fully saturated rings. The standard InChI is InChI=1S/C20H19N3O11S3/c1-12(24)21-15-3-2-13-10-18(36(28,29)30)19(20(25)17(13)11-15)23-22-14-4-6-16(7-5-14)35(26,27)9-8-34-37(31,32)33/h2-7,10-11,25H,8-9H2,1H3,(H,21,24)(H,28,29,30)(H,31,32,33)/b23-22+. The molecule has 0 aromatic heterocycles.